The molecule has 38 heavy (non-hydrogen) atoms. The Hall–Kier alpha value is -4.70. The summed E-state index contributed by atoms with van der Waals surface area (Å²) in [6, 6.07) is 14.4. The standard InChI is InChI=1S/C28H22N2O7S/c1-4-13-36-18-11-9-16(10-12-18)22-21(23(31)20-14-17-7-5-6-8-19(17)37-20)24(32)26(33)30(22)28-29-15(2)25(38-28)27(34)35-3/h4-12,14,22,32H,1,13H2,2-3H3. The topological polar surface area (TPSA) is 119 Å². The van der Waals surface area contributed by atoms with Crippen molar-refractivity contribution in [3.05, 3.63) is 100 Å². The van der Waals surface area contributed by atoms with E-state index in [9.17, 15) is 19.5 Å². The first-order valence-corrected chi connectivity index (χ1v) is 12.3. The van der Waals surface area contributed by atoms with E-state index in [1.165, 1.54) is 12.0 Å². The van der Waals surface area contributed by atoms with Gasteiger partial charge in [0.1, 0.15) is 22.8 Å². The number of aromatic nitrogens is 1. The minimum Gasteiger partial charge on any atom is -0.503 e. The summed E-state index contributed by atoms with van der Waals surface area (Å²) < 4.78 is 16.1. The Kier molecular flexibility index (Phi) is 6.56. The van der Waals surface area contributed by atoms with E-state index in [0.717, 1.165) is 11.3 Å². The Morgan fingerprint density at radius 2 is 1.95 bits per heavy atom. The molecule has 0 saturated carbocycles. The Balaban J connectivity index is 1.62. The number of methoxy groups -OCH3 is 1. The van der Waals surface area contributed by atoms with Crippen LogP contribution < -0.4 is 9.64 Å². The van der Waals surface area contributed by atoms with Crippen LogP contribution >= 0.6 is 11.3 Å². The lowest BCUT2D eigenvalue weighted by Gasteiger charge is -2.24. The lowest BCUT2D eigenvalue weighted by atomic mass is 9.95. The quantitative estimate of drug-likeness (QED) is 0.184. The number of aryl methyl sites for hydroxylation is 1. The van der Waals surface area contributed by atoms with Crippen LogP contribution in [0, 0.1) is 6.92 Å². The van der Waals surface area contributed by atoms with Crippen LogP contribution in [0.4, 0.5) is 5.13 Å². The zero-order valence-electron chi connectivity index (χ0n) is 20.5. The molecule has 1 aliphatic rings. The molecule has 0 bridgehead atoms. The summed E-state index contributed by atoms with van der Waals surface area (Å²) in [4.78, 5) is 45.2. The third kappa shape index (κ3) is 4.24. The molecule has 0 aliphatic carbocycles. The Labute approximate surface area is 221 Å². The lowest BCUT2D eigenvalue weighted by Crippen LogP contribution is -2.31. The van der Waals surface area contributed by atoms with Gasteiger partial charge in [0, 0.05) is 5.39 Å². The number of carbonyl (C=O) groups is 3. The number of amides is 1. The number of aliphatic hydroxyl groups is 1. The fourth-order valence-electron chi connectivity index (χ4n) is 4.25. The number of Topliss-reactive ketones (excluding diaryl/α,β-unsaturated/α-hetero) is 1. The number of carbonyl (C=O) groups excluding carboxylic acids is 3. The van der Waals surface area contributed by atoms with Crippen molar-refractivity contribution in [3.8, 4) is 5.75 Å². The van der Waals surface area contributed by atoms with Crippen LogP contribution in [0.2, 0.25) is 0 Å². The molecule has 9 nitrogen and oxygen atoms in total. The second kappa shape index (κ2) is 9.98. The number of thiazole rings is 1. The maximum absolute atomic E-state index is 13.8. The Bertz CT molecular complexity index is 1580. The number of nitrogens with zero attached hydrogens (tertiary/aromatic N) is 2. The van der Waals surface area contributed by atoms with Gasteiger partial charge in [0.15, 0.2) is 16.7 Å². The van der Waals surface area contributed by atoms with Crippen LogP contribution in [0.3, 0.4) is 0 Å². The molecule has 0 spiro atoms. The smallest absolute Gasteiger partial charge is 0.350 e. The highest BCUT2D eigenvalue weighted by Gasteiger charge is 2.47. The van der Waals surface area contributed by atoms with Crippen LogP contribution in [0.1, 0.15) is 37.5 Å². The summed E-state index contributed by atoms with van der Waals surface area (Å²) in [6.45, 7) is 5.55. The van der Waals surface area contributed by atoms with Gasteiger partial charge in [-0.05, 0) is 36.8 Å². The van der Waals surface area contributed by atoms with Crippen molar-refractivity contribution in [1.29, 1.82) is 0 Å². The van der Waals surface area contributed by atoms with E-state index in [1.54, 1.807) is 61.5 Å². The fourth-order valence-corrected chi connectivity index (χ4v) is 5.26. The highest BCUT2D eigenvalue weighted by molar-refractivity contribution is 7.17. The molecular weight excluding hydrogens is 508 g/mol. The number of fused-ring (bicyclic) bond motifs is 1. The van der Waals surface area contributed by atoms with E-state index in [4.69, 9.17) is 13.9 Å². The van der Waals surface area contributed by atoms with Crippen LogP contribution in [0.25, 0.3) is 11.0 Å². The van der Waals surface area contributed by atoms with Gasteiger partial charge in [-0.25, -0.2) is 9.78 Å². The first kappa shape index (κ1) is 25.0. The van der Waals surface area contributed by atoms with E-state index in [2.05, 4.69) is 11.6 Å². The molecule has 3 heterocycles. The zero-order chi connectivity index (χ0) is 27.0. The minimum atomic E-state index is -1.05. The van der Waals surface area contributed by atoms with Crippen LogP contribution in [0.15, 0.2) is 83.0 Å². The van der Waals surface area contributed by atoms with Gasteiger partial charge in [-0.15, -0.1) is 0 Å². The molecule has 1 aliphatic heterocycles. The summed E-state index contributed by atoms with van der Waals surface area (Å²) in [7, 11) is 1.25. The molecule has 1 unspecified atom stereocenters. The van der Waals surface area contributed by atoms with Crippen molar-refractivity contribution in [2.45, 2.75) is 13.0 Å². The van der Waals surface area contributed by atoms with Gasteiger partial charge in [0.25, 0.3) is 5.91 Å². The van der Waals surface area contributed by atoms with Crippen LogP contribution in [-0.2, 0) is 9.53 Å². The molecular formula is C28H22N2O7S. The third-order valence-corrected chi connectivity index (χ3v) is 7.16. The number of ether oxygens (including phenoxy) is 2. The largest absolute Gasteiger partial charge is 0.503 e. The van der Waals surface area contributed by atoms with Gasteiger partial charge in [-0.3, -0.25) is 14.5 Å². The summed E-state index contributed by atoms with van der Waals surface area (Å²) in [6.07, 6.45) is 1.61. The Morgan fingerprint density at radius 1 is 1.21 bits per heavy atom. The average molecular weight is 531 g/mol. The number of hydrogen-bond acceptors (Lipinski definition) is 9. The van der Waals surface area contributed by atoms with Gasteiger partial charge in [-0.1, -0.05) is 54.3 Å². The van der Waals surface area contributed by atoms with E-state index >= 15 is 0 Å². The molecule has 10 heteroatoms. The number of ketones is 1. The molecule has 2 aromatic heterocycles. The summed E-state index contributed by atoms with van der Waals surface area (Å²) in [5, 5.41) is 11.8. The molecule has 1 amide bonds. The van der Waals surface area contributed by atoms with Gasteiger partial charge in [0.2, 0.25) is 5.78 Å². The second-order valence-electron chi connectivity index (χ2n) is 8.39. The number of aliphatic hydroxyl groups excluding tert-OH is 1. The molecule has 5 rings (SSSR count). The highest BCUT2D eigenvalue weighted by atomic mass is 32.1. The van der Waals surface area contributed by atoms with E-state index < -0.39 is 29.5 Å². The maximum Gasteiger partial charge on any atom is 0.350 e. The lowest BCUT2D eigenvalue weighted by molar-refractivity contribution is -0.117. The molecule has 0 fully saturated rings. The van der Waals surface area contributed by atoms with E-state index in [0.29, 0.717) is 34.6 Å². The molecule has 2 aromatic carbocycles. The normalized spacial score (nSPS) is 15.3. The van der Waals surface area contributed by atoms with Crippen molar-refractivity contribution >= 4 is 45.1 Å². The SMILES string of the molecule is C=CCOc1ccc(C2C(C(=O)c3cc4ccccc4o3)=C(O)C(=O)N2c2nc(C)c(C(=O)OC)s2)cc1. The van der Waals surface area contributed by atoms with E-state index in [1.807, 2.05) is 6.07 Å². The highest BCUT2D eigenvalue weighted by Crippen LogP contribution is 2.44. The molecule has 0 radical (unpaired) electrons. The average Bonchev–Trinajstić information content (AvgIpc) is 3.61. The van der Waals surface area contributed by atoms with Crippen molar-refractivity contribution in [1.82, 2.24) is 4.98 Å². The van der Waals surface area contributed by atoms with Crippen molar-refractivity contribution in [3.63, 3.8) is 0 Å². The summed E-state index contributed by atoms with van der Waals surface area (Å²) in [5.41, 5.74) is 1.20. The number of benzene rings is 2. The first-order valence-electron chi connectivity index (χ1n) is 11.5. The summed E-state index contributed by atoms with van der Waals surface area (Å²) in [5.74, 6) is -2.27. The van der Waals surface area contributed by atoms with Gasteiger partial charge in [0.05, 0.1) is 24.4 Å². The van der Waals surface area contributed by atoms with E-state index in [-0.39, 0.29) is 21.3 Å². The van der Waals surface area contributed by atoms with Gasteiger partial charge < -0.3 is 19.0 Å². The molecule has 0 saturated heterocycles. The Morgan fingerprint density at radius 3 is 2.63 bits per heavy atom. The third-order valence-electron chi connectivity index (χ3n) is 6.03. The summed E-state index contributed by atoms with van der Waals surface area (Å²) >= 11 is 0.932. The van der Waals surface area contributed by atoms with Crippen molar-refractivity contribution < 1.29 is 33.4 Å². The maximum atomic E-state index is 13.8. The first-order chi connectivity index (χ1) is 18.3. The molecule has 4 aromatic rings. The van der Waals surface area contributed by atoms with Gasteiger partial charge >= 0.3 is 5.97 Å². The fraction of sp³-hybridized carbons (Fsp3) is 0.143. The number of anilines is 1. The number of para-hydroxylation sites is 1. The number of esters is 1. The molecule has 1 atom stereocenters. The number of hydrogen-bond donors (Lipinski definition) is 1. The van der Waals surface area contributed by atoms with Gasteiger partial charge in [-0.2, -0.15) is 0 Å². The zero-order valence-corrected chi connectivity index (χ0v) is 21.3. The van der Waals surface area contributed by atoms with Crippen LogP contribution in [0.5, 0.6) is 5.75 Å². The molecule has 1 N–H and O–H groups in total. The van der Waals surface area contributed by atoms with Crippen LogP contribution in [-0.4, -0.2) is 41.5 Å². The second-order valence-corrected chi connectivity index (χ2v) is 9.37. The van der Waals surface area contributed by atoms with Crippen molar-refractivity contribution in [2.24, 2.45) is 0 Å². The minimum absolute atomic E-state index is 0.0242. The number of rotatable bonds is 8. The van der Waals surface area contributed by atoms with Crippen molar-refractivity contribution in [2.75, 3.05) is 18.6 Å². The number of furan rings is 1. The molecule has 192 valence electrons. The predicted molar refractivity (Wildman–Crippen MR) is 141 cm³/mol. The monoisotopic (exact) mass is 530 g/mol. The predicted octanol–water partition coefficient (Wildman–Crippen LogP) is 5.33.